The number of halogens is 2. The first kappa shape index (κ1) is 26.2. The van der Waals surface area contributed by atoms with Gasteiger partial charge in [-0.2, -0.15) is 0 Å². The molecule has 1 aromatic carbocycles. The minimum absolute atomic E-state index is 0. The summed E-state index contributed by atoms with van der Waals surface area (Å²) in [5.74, 6) is 0.986. The van der Waals surface area contributed by atoms with Crippen LogP contribution >= 0.6 is 34.0 Å². The Morgan fingerprint density at radius 1 is 1.00 bits per heavy atom. The van der Waals surface area contributed by atoms with E-state index in [9.17, 15) is 0 Å². The largest absolute Gasteiger partial charge is 0.412 e. The predicted molar refractivity (Wildman–Crippen MR) is 106 cm³/mol. The second kappa shape index (κ2) is 13.9. The molecule has 0 unspecified atom stereocenters. The predicted octanol–water partition coefficient (Wildman–Crippen LogP) is 2.49. The lowest BCUT2D eigenvalue weighted by atomic mass is 10.1. The van der Waals surface area contributed by atoms with Gasteiger partial charge >= 0.3 is 0 Å². The van der Waals surface area contributed by atoms with Gasteiger partial charge in [0.15, 0.2) is 0 Å². The second-order valence-electron chi connectivity index (χ2n) is 4.33. The molecule has 0 aliphatic heterocycles. The molecule has 7 heteroatoms. The highest BCUT2D eigenvalue weighted by Crippen LogP contribution is 2.19. The molecule has 0 amide bonds. The van der Waals surface area contributed by atoms with Crippen LogP contribution in [0, 0.1) is 0 Å². The monoisotopic (exact) mass is 439 g/mol. The van der Waals surface area contributed by atoms with E-state index < -0.39 is 0 Å². The molecule has 0 bridgehead atoms. The number of nitrogens with one attached hydrogen (secondary N) is 1. The third-order valence-corrected chi connectivity index (χ3v) is 3.29. The van der Waals surface area contributed by atoms with E-state index in [0.29, 0.717) is 0 Å². The molecule has 22 heavy (non-hydrogen) atoms. The van der Waals surface area contributed by atoms with Crippen molar-refractivity contribution in [2.45, 2.75) is 13.8 Å². The van der Waals surface area contributed by atoms with E-state index >= 15 is 0 Å². The Morgan fingerprint density at radius 2 is 1.64 bits per heavy atom. The van der Waals surface area contributed by atoms with Crippen molar-refractivity contribution >= 4 is 50.6 Å². The standard InChI is InChI=1S/C15H21N3.2BrH.2H2O/c1-3-18(4-2)12-11-17-15-14-8-6-5-7-13(14)9-10-16-15;;;;/h5-10H,3-4,11-12H2,1-2H3,(H,16,17);2*1H;2*1H2. The molecule has 1 heterocycles. The fourth-order valence-electron chi connectivity index (χ4n) is 2.13. The molecular formula is C15H27Br2N3O2. The number of aromatic nitrogens is 1. The third kappa shape index (κ3) is 7.02. The average molecular weight is 441 g/mol. The van der Waals surface area contributed by atoms with Gasteiger partial charge in [-0.3, -0.25) is 0 Å². The van der Waals surface area contributed by atoms with Gasteiger partial charge in [0.25, 0.3) is 0 Å². The molecule has 0 atom stereocenters. The van der Waals surface area contributed by atoms with Gasteiger partial charge in [-0.1, -0.05) is 38.1 Å². The van der Waals surface area contributed by atoms with Gasteiger partial charge in [-0.05, 0) is 24.5 Å². The van der Waals surface area contributed by atoms with Crippen LogP contribution in [-0.2, 0) is 0 Å². The zero-order chi connectivity index (χ0) is 12.8. The smallest absolute Gasteiger partial charge is 0.133 e. The summed E-state index contributed by atoms with van der Waals surface area (Å²) >= 11 is 0. The summed E-state index contributed by atoms with van der Waals surface area (Å²) in [7, 11) is 0. The molecule has 0 radical (unpaired) electrons. The second-order valence-corrected chi connectivity index (χ2v) is 4.33. The molecule has 2 aromatic rings. The topological polar surface area (TPSA) is 91.2 Å². The normalized spacial score (nSPS) is 9.05. The first-order valence-electron chi connectivity index (χ1n) is 6.65. The van der Waals surface area contributed by atoms with Crippen molar-refractivity contribution in [3.05, 3.63) is 36.5 Å². The number of likely N-dealkylation sites (N-methyl/N-ethyl adjacent to an activating group) is 1. The summed E-state index contributed by atoms with van der Waals surface area (Å²) in [5.41, 5.74) is 0. The van der Waals surface area contributed by atoms with E-state index in [-0.39, 0.29) is 44.9 Å². The minimum atomic E-state index is 0. The van der Waals surface area contributed by atoms with Crippen molar-refractivity contribution in [1.29, 1.82) is 0 Å². The van der Waals surface area contributed by atoms with Gasteiger partial charge in [0, 0.05) is 24.7 Å². The van der Waals surface area contributed by atoms with Gasteiger partial charge in [0.1, 0.15) is 5.82 Å². The van der Waals surface area contributed by atoms with Gasteiger partial charge in [0.05, 0.1) is 0 Å². The van der Waals surface area contributed by atoms with E-state index in [0.717, 1.165) is 32.0 Å². The maximum absolute atomic E-state index is 4.43. The summed E-state index contributed by atoms with van der Waals surface area (Å²) in [6.45, 7) is 8.57. The number of hydrogen-bond acceptors (Lipinski definition) is 3. The van der Waals surface area contributed by atoms with Crippen LogP contribution in [0.25, 0.3) is 10.8 Å². The maximum atomic E-state index is 4.43. The highest BCUT2D eigenvalue weighted by Gasteiger charge is 2.02. The highest BCUT2D eigenvalue weighted by molar-refractivity contribution is 8.93. The van der Waals surface area contributed by atoms with Crippen LogP contribution in [0.1, 0.15) is 13.8 Å². The molecular weight excluding hydrogens is 414 g/mol. The van der Waals surface area contributed by atoms with Crippen molar-refractivity contribution in [1.82, 2.24) is 9.88 Å². The lowest BCUT2D eigenvalue weighted by molar-refractivity contribution is 0.316. The summed E-state index contributed by atoms with van der Waals surface area (Å²) in [6.07, 6.45) is 1.86. The molecule has 0 aliphatic rings. The zero-order valence-corrected chi connectivity index (χ0v) is 16.4. The van der Waals surface area contributed by atoms with Crippen molar-refractivity contribution < 1.29 is 11.0 Å². The molecule has 5 N–H and O–H groups in total. The van der Waals surface area contributed by atoms with Crippen molar-refractivity contribution in [3.8, 4) is 0 Å². The van der Waals surface area contributed by atoms with Crippen LogP contribution in [0.3, 0.4) is 0 Å². The molecule has 0 fully saturated rings. The van der Waals surface area contributed by atoms with Crippen molar-refractivity contribution in [3.63, 3.8) is 0 Å². The first-order chi connectivity index (χ1) is 8.85. The molecule has 1 aromatic heterocycles. The lowest BCUT2D eigenvalue weighted by Gasteiger charge is -2.18. The summed E-state index contributed by atoms with van der Waals surface area (Å²) in [6, 6.07) is 10.4. The highest BCUT2D eigenvalue weighted by atomic mass is 79.9. The van der Waals surface area contributed by atoms with Crippen LogP contribution in [0.15, 0.2) is 36.5 Å². The fourth-order valence-corrected chi connectivity index (χ4v) is 2.13. The average Bonchev–Trinajstić information content (AvgIpc) is 2.44. The lowest BCUT2D eigenvalue weighted by Crippen LogP contribution is -2.28. The van der Waals surface area contributed by atoms with Crippen molar-refractivity contribution in [2.24, 2.45) is 0 Å². The third-order valence-electron chi connectivity index (χ3n) is 3.29. The van der Waals surface area contributed by atoms with E-state index in [4.69, 9.17) is 0 Å². The number of nitrogens with zero attached hydrogens (tertiary/aromatic N) is 2. The molecule has 5 nitrogen and oxygen atoms in total. The molecule has 0 saturated carbocycles. The van der Waals surface area contributed by atoms with Crippen LogP contribution in [0.2, 0.25) is 0 Å². The van der Waals surface area contributed by atoms with Crippen molar-refractivity contribution in [2.75, 3.05) is 31.5 Å². The van der Waals surface area contributed by atoms with Crippen LogP contribution in [0.4, 0.5) is 5.82 Å². The van der Waals surface area contributed by atoms with Gasteiger partial charge < -0.3 is 21.2 Å². The Morgan fingerprint density at radius 3 is 2.27 bits per heavy atom. The molecule has 2 rings (SSSR count). The summed E-state index contributed by atoms with van der Waals surface area (Å²) in [4.78, 5) is 6.83. The number of benzene rings is 1. The molecule has 128 valence electrons. The molecule has 0 saturated heterocycles. The first-order valence-corrected chi connectivity index (χ1v) is 6.65. The Bertz CT molecular complexity index is 506. The number of hydrogen-bond donors (Lipinski definition) is 1. The number of anilines is 1. The van der Waals surface area contributed by atoms with Crippen LogP contribution < -0.4 is 5.32 Å². The van der Waals surface area contributed by atoms with E-state index in [1.807, 2.05) is 12.3 Å². The number of rotatable bonds is 6. The summed E-state index contributed by atoms with van der Waals surface area (Å²) in [5, 5.41) is 5.86. The van der Waals surface area contributed by atoms with Gasteiger partial charge in [-0.15, -0.1) is 34.0 Å². The molecule has 0 aliphatic carbocycles. The number of fused-ring (bicyclic) bond motifs is 1. The maximum Gasteiger partial charge on any atom is 0.133 e. The van der Waals surface area contributed by atoms with E-state index in [1.54, 1.807) is 0 Å². The van der Waals surface area contributed by atoms with E-state index in [2.05, 4.69) is 53.3 Å². The zero-order valence-electron chi connectivity index (χ0n) is 13.0. The Labute approximate surface area is 153 Å². The van der Waals surface area contributed by atoms with Gasteiger partial charge in [-0.25, -0.2) is 4.98 Å². The minimum Gasteiger partial charge on any atom is -0.412 e. The van der Waals surface area contributed by atoms with Crippen LogP contribution in [0.5, 0.6) is 0 Å². The molecule has 0 spiro atoms. The van der Waals surface area contributed by atoms with Crippen LogP contribution in [-0.4, -0.2) is 47.0 Å². The van der Waals surface area contributed by atoms with Gasteiger partial charge in [0.2, 0.25) is 0 Å². The SMILES string of the molecule is Br.Br.CCN(CC)CCNc1nccc2ccccc12.O.O. The quantitative estimate of drug-likeness (QED) is 0.747. The summed E-state index contributed by atoms with van der Waals surface area (Å²) < 4.78 is 0. The Balaban J connectivity index is -0.000000902. The Hall–Kier alpha value is -0.730. The van der Waals surface area contributed by atoms with E-state index in [1.165, 1.54) is 10.8 Å². The fraction of sp³-hybridized carbons (Fsp3) is 0.400. The Kier molecular flexibility index (Phi) is 16.5. The number of pyridine rings is 1.